The molecule has 5 nitrogen and oxygen atoms in total. The lowest BCUT2D eigenvalue weighted by Crippen LogP contribution is -2.62. The first-order valence-corrected chi connectivity index (χ1v) is 8.27. The van der Waals surface area contributed by atoms with Gasteiger partial charge >= 0.3 is 5.97 Å². The van der Waals surface area contributed by atoms with Crippen molar-refractivity contribution in [2.24, 2.45) is 11.8 Å². The third-order valence-corrected chi connectivity index (χ3v) is 5.10. The second kappa shape index (κ2) is 7.07. The van der Waals surface area contributed by atoms with E-state index in [1.54, 1.807) is 7.11 Å². The number of hydrogen-bond acceptors (Lipinski definition) is 4. The summed E-state index contributed by atoms with van der Waals surface area (Å²) in [4.78, 5) is 14.3. The molecule has 21 heavy (non-hydrogen) atoms. The number of aliphatic carboxylic acids is 1. The predicted molar refractivity (Wildman–Crippen MR) is 82.4 cm³/mol. The Morgan fingerprint density at radius 1 is 1.43 bits per heavy atom. The SMILES string of the molecule is CCCNC(CN1CCC(C)C(OC)C1)(C(=O)O)C1CC1. The molecule has 0 aromatic rings. The topological polar surface area (TPSA) is 61.8 Å². The third-order valence-electron chi connectivity index (χ3n) is 5.10. The van der Waals surface area contributed by atoms with Crippen LogP contribution in [0.3, 0.4) is 0 Å². The molecule has 2 rings (SSSR count). The molecule has 0 amide bonds. The number of carboxylic acid groups (broad SMARTS) is 1. The van der Waals surface area contributed by atoms with Gasteiger partial charge in [0.1, 0.15) is 5.54 Å². The van der Waals surface area contributed by atoms with Gasteiger partial charge < -0.3 is 15.2 Å². The van der Waals surface area contributed by atoms with Crippen LogP contribution in [0.5, 0.6) is 0 Å². The van der Waals surface area contributed by atoms with Gasteiger partial charge in [-0.15, -0.1) is 0 Å². The Morgan fingerprint density at radius 3 is 2.67 bits per heavy atom. The first-order valence-electron chi connectivity index (χ1n) is 8.27. The first-order chi connectivity index (χ1) is 10.0. The van der Waals surface area contributed by atoms with E-state index in [9.17, 15) is 9.90 Å². The van der Waals surface area contributed by atoms with Crippen molar-refractivity contribution >= 4 is 5.97 Å². The summed E-state index contributed by atoms with van der Waals surface area (Å²) < 4.78 is 5.56. The van der Waals surface area contributed by atoms with Crippen LogP contribution in [0.1, 0.15) is 39.5 Å². The zero-order chi connectivity index (χ0) is 15.5. The Kier molecular flexibility index (Phi) is 5.63. The number of rotatable bonds is 8. The van der Waals surface area contributed by atoms with Crippen molar-refractivity contribution in [2.45, 2.75) is 51.2 Å². The average Bonchev–Trinajstić information content (AvgIpc) is 3.30. The number of nitrogens with one attached hydrogen (secondary N) is 1. The summed E-state index contributed by atoms with van der Waals surface area (Å²) in [5.74, 6) is 0.142. The molecule has 3 atom stereocenters. The molecule has 1 saturated carbocycles. The first kappa shape index (κ1) is 16.7. The van der Waals surface area contributed by atoms with E-state index >= 15 is 0 Å². The molecule has 0 aromatic heterocycles. The van der Waals surface area contributed by atoms with Crippen LogP contribution in [0, 0.1) is 11.8 Å². The van der Waals surface area contributed by atoms with Gasteiger partial charge in [0.05, 0.1) is 6.10 Å². The van der Waals surface area contributed by atoms with Gasteiger partial charge in [0, 0.05) is 20.2 Å². The molecule has 0 aromatic carbocycles. The monoisotopic (exact) mass is 298 g/mol. The van der Waals surface area contributed by atoms with Crippen molar-refractivity contribution in [1.29, 1.82) is 0 Å². The van der Waals surface area contributed by atoms with Crippen LogP contribution in [0.2, 0.25) is 0 Å². The Hall–Kier alpha value is -0.650. The molecule has 1 saturated heterocycles. The highest BCUT2D eigenvalue weighted by atomic mass is 16.5. The third kappa shape index (κ3) is 3.76. The van der Waals surface area contributed by atoms with E-state index in [0.717, 1.165) is 45.3 Å². The molecule has 1 aliphatic carbocycles. The summed E-state index contributed by atoms with van der Waals surface area (Å²) >= 11 is 0. The van der Waals surface area contributed by atoms with E-state index in [0.29, 0.717) is 12.5 Å². The number of carbonyl (C=O) groups is 1. The number of carboxylic acids is 1. The van der Waals surface area contributed by atoms with E-state index in [-0.39, 0.29) is 12.0 Å². The summed E-state index contributed by atoms with van der Waals surface area (Å²) in [6.45, 7) is 7.46. The number of likely N-dealkylation sites (tertiary alicyclic amines) is 1. The van der Waals surface area contributed by atoms with Gasteiger partial charge in [-0.1, -0.05) is 13.8 Å². The highest BCUT2D eigenvalue weighted by Crippen LogP contribution is 2.41. The smallest absolute Gasteiger partial charge is 0.325 e. The molecular weight excluding hydrogens is 268 g/mol. The van der Waals surface area contributed by atoms with E-state index in [4.69, 9.17) is 4.74 Å². The zero-order valence-corrected chi connectivity index (χ0v) is 13.6. The van der Waals surface area contributed by atoms with Crippen molar-refractivity contribution in [3.05, 3.63) is 0 Å². The van der Waals surface area contributed by atoms with Crippen molar-refractivity contribution in [1.82, 2.24) is 10.2 Å². The molecule has 0 spiro atoms. The van der Waals surface area contributed by atoms with Crippen LogP contribution in [0.25, 0.3) is 0 Å². The second-order valence-corrected chi connectivity index (χ2v) is 6.75. The molecule has 3 unspecified atom stereocenters. The molecule has 2 N–H and O–H groups in total. The molecule has 2 aliphatic rings. The highest BCUT2D eigenvalue weighted by Gasteiger charge is 2.52. The highest BCUT2D eigenvalue weighted by molar-refractivity contribution is 5.80. The maximum atomic E-state index is 12.0. The quantitative estimate of drug-likeness (QED) is 0.712. The number of piperidine rings is 1. The van der Waals surface area contributed by atoms with Crippen molar-refractivity contribution in [3.8, 4) is 0 Å². The van der Waals surface area contributed by atoms with Crippen LogP contribution in [0.15, 0.2) is 0 Å². The minimum Gasteiger partial charge on any atom is -0.480 e. The Balaban J connectivity index is 2.05. The standard InChI is InChI=1S/C16H30N2O3/c1-4-8-17-16(15(19)20,13-5-6-13)11-18-9-7-12(2)14(10-18)21-3/h12-14,17H,4-11H2,1-3H3,(H,19,20). The van der Waals surface area contributed by atoms with Crippen LogP contribution < -0.4 is 5.32 Å². The van der Waals surface area contributed by atoms with E-state index in [2.05, 4.69) is 24.1 Å². The minimum atomic E-state index is -0.769. The molecule has 1 heterocycles. The number of ether oxygens (including phenoxy) is 1. The Morgan fingerprint density at radius 2 is 2.14 bits per heavy atom. The van der Waals surface area contributed by atoms with Gasteiger partial charge in [-0.05, 0) is 50.6 Å². The summed E-state index contributed by atoms with van der Waals surface area (Å²) in [6.07, 6.45) is 4.31. The fourth-order valence-electron chi connectivity index (χ4n) is 3.47. The van der Waals surface area contributed by atoms with Gasteiger partial charge in [-0.3, -0.25) is 9.69 Å². The van der Waals surface area contributed by atoms with Gasteiger partial charge in [-0.25, -0.2) is 0 Å². The molecule has 1 aliphatic heterocycles. The molecule has 122 valence electrons. The van der Waals surface area contributed by atoms with E-state index in [1.165, 1.54) is 0 Å². The van der Waals surface area contributed by atoms with Crippen molar-refractivity contribution < 1.29 is 14.6 Å². The van der Waals surface area contributed by atoms with Crippen molar-refractivity contribution in [2.75, 3.05) is 33.3 Å². The van der Waals surface area contributed by atoms with Gasteiger partial charge in [0.15, 0.2) is 0 Å². The summed E-state index contributed by atoms with van der Waals surface area (Å²) in [5, 5.41) is 13.2. The van der Waals surface area contributed by atoms with Gasteiger partial charge in [0.2, 0.25) is 0 Å². The minimum absolute atomic E-state index is 0.218. The maximum absolute atomic E-state index is 12.0. The largest absolute Gasteiger partial charge is 0.480 e. The lowest BCUT2D eigenvalue weighted by atomic mass is 9.89. The fourth-order valence-corrected chi connectivity index (χ4v) is 3.47. The Bertz CT molecular complexity index is 359. The fraction of sp³-hybridized carbons (Fsp3) is 0.938. The lowest BCUT2D eigenvalue weighted by molar-refractivity contribution is -0.147. The van der Waals surface area contributed by atoms with Crippen LogP contribution in [-0.4, -0.2) is 60.9 Å². The number of methoxy groups -OCH3 is 1. The maximum Gasteiger partial charge on any atom is 0.325 e. The van der Waals surface area contributed by atoms with Crippen molar-refractivity contribution in [3.63, 3.8) is 0 Å². The van der Waals surface area contributed by atoms with Crippen LogP contribution >= 0.6 is 0 Å². The van der Waals surface area contributed by atoms with E-state index in [1.807, 2.05) is 0 Å². The zero-order valence-electron chi connectivity index (χ0n) is 13.6. The summed E-state index contributed by atoms with van der Waals surface area (Å²) in [6, 6.07) is 0. The molecular formula is C16H30N2O3. The van der Waals surface area contributed by atoms with Gasteiger partial charge in [0.25, 0.3) is 0 Å². The molecule has 2 fully saturated rings. The van der Waals surface area contributed by atoms with Crippen LogP contribution in [-0.2, 0) is 9.53 Å². The number of hydrogen-bond donors (Lipinski definition) is 2. The van der Waals surface area contributed by atoms with Crippen LogP contribution in [0.4, 0.5) is 0 Å². The predicted octanol–water partition coefficient (Wildman–Crippen LogP) is 1.58. The lowest BCUT2D eigenvalue weighted by Gasteiger charge is -2.41. The Labute approximate surface area is 128 Å². The summed E-state index contributed by atoms with van der Waals surface area (Å²) in [5.41, 5.74) is -0.769. The average molecular weight is 298 g/mol. The normalized spacial score (nSPS) is 30.0. The number of nitrogens with zero attached hydrogens (tertiary/aromatic N) is 1. The molecule has 0 radical (unpaired) electrons. The molecule has 0 bridgehead atoms. The summed E-state index contributed by atoms with van der Waals surface area (Å²) in [7, 11) is 1.76. The van der Waals surface area contributed by atoms with Gasteiger partial charge in [-0.2, -0.15) is 0 Å². The molecule has 5 heteroatoms. The van der Waals surface area contributed by atoms with E-state index < -0.39 is 11.5 Å². The second-order valence-electron chi connectivity index (χ2n) is 6.75.